The maximum Gasteiger partial charge on any atom is 0.265 e. The Balaban J connectivity index is 2.28. The summed E-state index contributed by atoms with van der Waals surface area (Å²) in [5.41, 5.74) is 1.76. The third kappa shape index (κ3) is 3.99. The lowest BCUT2D eigenvalue weighted by Gasteiger charge is -2.10. The van der Waals surface area contributed by atoms with E-state index in [1.54, 1.807) is 12.1 Å². The topological polar surface area (TPSA) is 61.2 Å². The fourth-order valence-corrected chi connectivity index (χ4v) is 3.44. The highest BCUT2D eigenvalue weighted by Crippen LogP contribution is 2.30. The number of aromatic nitrogens is 2. The summed E-state index contributed by atoms with van der Waals surface area (Å²) < 4.78 is 31.2. The molecule has 0 aliphatic heterocycles. The molecule has 5 nitrogen and oxygen atoms in total. The summed E-state index contributed by atoms with van der Waals surface area (Å²) >= 11 is 3.22. The van der Waals surface area contributed by atoms with E-state index < -0.39 is 9.05 Å². The van der Waals surface area contributed by atoms with Gasteiger partial charge in [0.05, 0.1) is 11.4 Å². The van der Waals surface area contributed by atoms with E-state index >= 15 is 0 Å². The van der Waals surface area contributed by atoms with Crippen molar-refractivity contribution in [3.05, 3.63) is 40.1 Å². The van der Waals surface area contributed by atoms with Crippen LogP contribution in [0.2, 0.25) is 0 Å². The normalized spacial score (nSPS) is 11.6. The van der Waals surface area contributed by atoms with Crippen LogP contribution in [-0.2, 0) is 22.2 Å². The van der Waals surface area contributed by atoms with Crippen molar-refractivity contribution < 1.29 is 13.2 Å². The van der Waals surface area contributed by atoms with E-state index in [9.17, 15) is 8.42 Å². The molecule has 0 unspecified atom stereocenters. The molecule has 0 spiro atoms. The van der Waals surface area contributed by atoms with E-state index in [4.69, 9.17) is 15.4 Å². The zero-order valence-electron chi connectivity index (χ0n) is 11.5. The molecule has 0 amide bonds. The van der Waals surface area contributed by atoms with Crippen LogP contribution in [0.5, 0.6) is 5.75 Å². The van der Waals surface area contributed by atoms with Crippen LogP contribution in [0.25, 0.3) is 0 Å². The van der Waals surface area contributed by atoms with Gasteiger partial charge in [-0.2, -0.15) is 5.10 Å². The average Bonchev–Trinajstić information content (AvgIpc) is 2.76. The monoisotopic (exact) mass is 392 g/mol. The highest BCUT2D eigenvalue weighted by Gasteiger charge is 2.18. The van der Waals surface area contributed by atoms with E-state index in [0.29, 0.717) is 11.0 Å². The van der Waals surface area contributed by atoms with E-state index in [-0.39, 0.29) is 17.3 Å². The first-order valence-corrected chi connectivity index (χ1v) is 9.32. The van der Waals surface area contributed by atoms with Gasteiger partial charge in [0.25, 0.3) is 9.05 Å². The van der Waals surface area contributed by atoms with Crippen LogP contribution in [0.1, 0.15) is 18.3 Å². The van der Waals surface area contributed by atoms with Gasteiger partial charge < -0.3 is 4.74 Å². The molecule has 0 aliphatic carbocycles. The van der Waals surface area contributed by atoms with Crippen LogP contribution >= 0.6 is 26.6 Å². The van der Waals surface area contributed by atoms with Gasteiger partial charge >= 0.3 is 0 Å². The van der Waals surface area contributed by atoms with Crippen molar-refractivity contribution in [1.82, 2.24) is 9.78 Å². The van der Waals surface area contributed by atoms with Crippen LogP contribution in [-0.4, -0.2) is 18.2 Å². The molecule has 0 saturated heterocycles. The number of hydrogen-bond donors (Lipinski definition) is 0. The molecule has 0 radical (unpaired) electrons. The Hall–Kier alpha value is -1.05. The Kier molecular flexibility index (Phi) is 4.95. The van der Waals surface area contributed by atoms with E-state index in [0.717, 1.165) is 11.4 Å². The SMILES string of the molecule is CCn1nc(C)cc1COc1ccc(Br)cc1S(=O)(=O)Cl. The first kappa shape index (κ1) is 16.3. The van der Waals surface area contributed by atoms with Gasteiger partial charge in [-0.05, 0) is 38.1 Å². The molecule has 0 N–H and O–H groups in total. The van der Waals surface area contributed by atoms with Crippen molar-refractivity contribution in [3.63, 3.8) is 0 Å². The molecule has 1 aromatic heterocycles. The molecule has 0 fully saturated rings. The van der Waals surface area contributed by atoms with Crippen molar-refractivity contribution in [1.29, 1.82) is 0 Å². The fourth-order valence-electron chi connectivity index (χ4n) is 1.93. The second kappa shape index (κ2) is 6.37. The van der Waals surface area contributed by atoms with Gasteiger partial charge in [-0.1, -0.05) is 15.9 Å². The van der Waals surface area contributed by atoms with E-state index in [2.05, 4.69) is 21.0 Å². The third-order valence-electron chi connectivity index (χ3n) is 2.83. The minimum Gasteiger partial charge on any atom is -0.486 e. The van der Waals surface area contributed by atoms with Gasteiger partial charge in [-0.15, -0.1) is 0 Å². The molecule has 114 valence electrons. The molecule has 2 aromatic rings. The summed E-state index contributed by atoms with van der Waals surface area (Å²) in [6.07, 6.45) is 0. The molecule has 0 atom stereocenters. The summed E-state index contributed by atoms with van der Waals surface area (Å²) in [4.78, 5) is -0.0576. The van der Waals surface area contributed by atoms with Crippen molar-refractivity contribution in [2.24, 2.45) is 0 Å². The van der Waals surface area contributed by atoms with Gasteiger partial charge in [-0.25, -0.2) is 8.42 Å². The highest BCUT2D eigenvalue weighted by atomic mass is 79.9. The molecule has 1 heterocycles. The molecule has 8 heteroatoms. The number of benzene rings is 1. The number of rotatable bonds is 5. The van der Waals surface area contributed by atoms with Crippen LogP contribution in [0, 0.1) is 6.92 Å². The Morgan fingerprint density at radius 1 is 1.38 bits per heavy atom. The molecule has 0 aliphatic rings. The standard InChI is InChI=1S/C13H14BrClN2O3S/c1-3-17-11(6-9(2)16-17)8-20-12-5-4-10(14)7-13(12)21(15,18)19/h4-7H,3,8H2,1-2H3. The summed E-state index contributed by atoms with van der Waals surface area (Å²) in [5, 5.41) is 4.31. The summed E-state index contributed by atoms with van der Waals surface area (Å²) in [5.74, 6) is 0.217. The Morgan fingerprint density at radius 3 is 2.71 bits per heavy atom. The number of aryl methyl sites for hydroxylation is 2. The number of nitrogens with zero attached hydrogens (tertiary/aromatic N) is 2. The summed E-state index contributed by atoms with van der Waals surface area (Å²) in [7, 11) is 1.56. The minimum absolute atomic E-state index is 0.0576. The molecule has 2 rings (SSSR count). The minimum atomic E-state index is -3.88. The quantitative estimate of drug-likeness (QED) is 0.730. The van der Waals surface area contributed by atoms with Gasteiger partial charge in [0.15, 0.2) is 0 Å². The zero-order chi connectivity index (χ0) is 15.6. The first-order valence-electron chi connectivity index (χ1n) is 6.21. The van der Waals surface area contributed by atoms with Crippen LogP contribution in [0.4, 0.5) is 0 Å². The van der Waals surface area contributed by atoms with Gasteiger partial charge in [0, 0.05) is 21.7 Å². The van der Waals surface area contributed by atoms with Crippen LogP contribution in [0.3, 0.4) is 0 Å². The number of halogens is 2. The van der Waals surface area contributed by atoms with Crippen molar-refractivity contribution >= 4 is 35.7 Å². The lowest BCUT2D eigenvalue weighted by atomic mass is 10.3. The van der Waals surface area contributed by atoms with E-state index in [1.165, 1.54) is 6.07 Å². The molecule has 1 aromatic carbocycles. The fraction of sp³-hybridized carbons (Fsp3) is 0.308. The Labute approximate surface area is 136 Å². The average molecular weight is 394 g/mol. The number of ether oxygens (including phenoxy) is 1. The highest BCUT2D eigenvalue weighted by molar-refractivity contribution is 9.10. The molecule has 21 heavy (non-hydrogen) atoms. The Morgan fingerprint density at radius 2 is 2.10 bits per heavy atom. The van der Waals surface area contributed by atoms with E-state index in [1.807, 2.05) is 24.6 Å². The number of hydrogen-bond acceptors (Lipinski definition) is 4. The summed E-state index contributed by atoms with van der Waals surface area (Å²) in [6.45, 7) is 4.80. The van der Waals surface area contributed by atoms with Crippen molar-refractivity contribution in [3.8, 4) is 5.75 Å². The largest absolute Gasteiger partial charge is 0.486 e. The molecule has 0 saturated carbocycles. The second-order valence-electron chi connectivity index (χ2n) is 4.41. The zero-order valence-corrected chi connectivity index (χ0v) is 14.7. The molecular formula is C13H14BrClN2O3S. The predicted molar refractivity (Wildman–Crippen MR) is 84.2 cm³/mol. The third-order valence-corrected chi connectivity index (χ3v) is 4.67. The van der Waals surface area contributed by atoms with Gasteiger partial charge in [-0.3, -0.25) is 4.68 Å². The van der Waals surface area contributed by atoms with Crippen molar-refractivity contribution in [2.45, 2.75) is 31.9 Å². The van der Waals surface area contributed by atoms with Crippen LogP contribution < -0.4 is 4.74 Å². The first-order chi connectivity index (χ1) is 9.81. The smallest absolute Gasteiger partial charge is 0.265 e. The second-order valence-corrected chi connectivity index (χ2v) is 7.86. The van der Waals surface area contributed by atoms with Gasteiger partial charge in [0.1, 0.15) is 17.3 Å². The lowest BCUT2D eigenvalue weighted by Crippen LogP contribution is -2.07. The maximum atomic E-state index is 11.6. The lowest BCUT2D eigenvalue weighted by molar-refractivity contribution is 0.285. The van der Waals surface area contributed by atoms with Crippen molar-refractivity contribution in [2.75, 3.05) is 0 Å². The maximum absolute atomic E-state index is 11.6. The molecule has 0 bridgehead atoms. The summed E-state index contributed by atoms with van der Waals surface area (Å²) in [6, 6.07) is 6.58. The van der Waals surface area contributed by atoms with Crippen LogP contribution in [0.15, 0.2) is 33.6 Å². The van der Waals surface area contributed by atoms with Gasteiger partial charge in [0.2, 0.25) is 0 Å². The molecular weight excluding hydrogens is 380 g/mol. The predicted octanol–water partition coefficient (Wildman–Crippen LogP) is 3.48. The Bertz CT molecular complexity index is 759.